The molecule has 0 radical (unpaired) electrons. The van der Waals surface area contributed by atoms with Crippen LogP contribution in [-0.2, 0) is 4.74 Å². The lowest BCUT2D eigenvalue weighted by molar-refractivity contribution is -0.0323. The van der Waals surface area contributed by atoms with E-state index in [-0.39, 0.29) is 5.60 Å². The maximum absolute atomic E-state index is 6.59. The molecule has 3 aliphatic rings. The number of fused-ring (bicyclic) bond motifs is 1. The summed E-state index contributed by atoms with van der Waals surface area (Å²) in [6.45, 7) is 8.59. The molecule has 2 saturated heterocycles. The van der Waals surface area contributed by atoms with Crippen molar-refractivity contribution >= 4 is 0 Å². The highest BCUT2D eigenvalue weighted by Crippen LogP contribution is 2.44. The summed E-state index contributed by atoms with van der Waals surface area (Å²) in [7, 11) is 0. The van der Waals surface area contributed by atoms with E-state index in [1.807, 2.05) is 0 Å². The number of rotatable bonds is 3. The molecule has 1 spiro atoms. The summed E-state index contributed by atoms with van der Waals surface area (Å²) in [6.07, 6.45) is 4.44. The van der Waals surface area contributed by atoms with E-state index in [1.54, 1.807) is 0 Å². The van der Waals surface area contributed by atoms with E-state index >= 15 is 0 Å². The average molecular weight is 330 g/mol. The van der Waals surface area contributed by atoms with Crippen molar-refractivity contribution in [2.75, 3.05) is 26.3 Å². The summed E-state index contributed by atoms with van der Waals surface area (Å²) in [6, 6.07) is 10.1. The van der Waals surface area contributed by atoms with Crippen molar-refractivity contribution < 1.29 is 9.47 Å². The minimum absolute atomic E-state index is 0.00310. The van der Waals surface area contributed by atoms with Crippen molar-refractivity contribution in [3.63, 3.8) is 0 Å². The summed E-state index contributed by atoms with van der Waals surface area (Å²) >= 11 is 0. The predicted molar refractivity (Wildman–Crippen MR) is 95.5 cm³/mol. The summed E-state index contributed by atoms with van der Waals surface area (Å²) in [4.78, 5) is 2.57. The molecule has 132 valence electrons. The van der Waals surface area contributed by atoms with Gasteiger partial charge in [0, 0.05) is 49.8 Å². The van der Waals surface area contributed by atoms with Gasteiger partial charge in [-0.05, 0) is 39.2 Å². The van der Waals surface area contributed by atoms with Crippen LogP contribution in [0.1, 0.15) is 51.1 Å². The predicted octanol–water partition coefficient (Wildman–Crippen LogP) is 3.13. The molecule has 4 heteroatoms. The van der Waals surface area contributed by atoms with Gasteiger partial charge in [-0.15, -0.1) is 0 Å². The molecule has 4 rings (SSSR count). The number of hydrogen-bond acceptors (Lipinski definition) is 4. The Morgan fingerprint density at radius 1 is 1.21 bits per heavy atom. The SMILES string of the molecule is CC(C)N1CCC2(CC1)C[C@H](N[C@H]1CCOC1)c1ccccc1O2. The van der Waals surface area contributed by atoms with Crippen LogP contribution < -0.4 is 10.1 Å². The lowest BCUT2D eigenvalue weighted by Gasteiger charge is -2.48. The standard InChI is InChI=1S/C20H30N2O2/c1-15(2)22-10-8-20(9-11-22)13-18(21-16-7-12-23-14-16)17-5-3-4-6-19(17)24-20/h3-6,15-16,18,21H,7-14H2,1-2H3/t16-,18-/m0/s1. The van der Waals surface area contributed by atoms with Gasteiger partial charge in [0.15, 0.2) is 0 Å². The fraction of sp³-hybridized carbons (Fsp3) is 0.700. The number of benzene rings is 1. The molecular formula is C20H30N2O2. The van der Waals surface area contributed by atoms with E-state index in [1.165, 1.54) is 5.56 Å². The van der Waals surface area contributed by atoms with Crippen molar-refractivity contribution in [1.29, 1.82) is 0 Å². The van der Waals surface area contributed by atoms with Crippen molar-refractivity contribution in [3.05, 3.63) is 29.8 Å². The molecule has 3 heterocycles. The second-order valence-corrected chi connectivity index (χ2v) is 7.94. The Morgan fingerprint density at radius 2 is 2.00 bits per heavy atom. The van der Waals surface area contributed by atoms with Gasteiger partial charge in [0.1, 0.15) is 11.4 Å². The highest BCUT2D eigenvalue weighted by Gasteiger charge is 2.44. The van der Waals surface area contributed by atoms with Crippen LogP contribution in [0.3, 0.4) is 0 Å². The zero-order valence-corrected chi connectivity index (χ0v) is 15.0. The lowest BCUT2D eigenvalue weighted by atomic mass is 9.80. The number of ether oxygens (including phenoxy) is 2. The van der Waals surface area contributed by atoms with Crippen LogP contribution in [0, 0.1) is 0 Å². The van der Waals surface area contributed by atoms with Gasteiger partial charge >= 0.3 is 0 Å². The van der Waals surface area contributed by atoms with Gasteiger partial charge in [0.2, 0.25) is 0 Å². The zero-order valence-electron chi connectivity index (χ0n) is 15.0. The minimum Gasteiger partial charge on any atom is -0.487 e. The van der Waals surface area contributed by atoms with Gasteiger partial charge in [-0.1, -0.05) is 18.2 Å². The number of nitrogens with zero attached hydrogens (tertiary/aromatic N) is 1. The van der Waals surface area contributed by atoms with Gasteiger partial charge < -0.3 is 19.7 Å². The molecule has 0 unspecified atom stereocenters. The van der Waals surface area contributed by atoms with Crippen LogP contribution in [0.5, 0.6) is 5.75 Å². The monoisotopic (exact) mass is 330 g/mol. The van der Waals surface area contributed by atoms with Crippen LogP contribution >= 0.6 is 0 Å². The molecule has 0 aromatic heterocycles. The molecule has 0 amide bonds. The van der Waals surface area contributed by atoms with Crippen molar-refractivity contribution in [2.24, 2.45) is 0 Å². The molecular weight excluding hydrogens is 300 g/mol. The minimum atomic E-state index is -0.00310. The quantitative estimate of drug-likeness (QED) is 0.923. The van der Waals surface area contributed by atoms with Gasteiger partial charge in [0.25, 0.3) is 0 Å². The van der Waals surface area contributed by atoms with E-state index in [0.29, 0.717) is 18.1 Å². The van der Waals surface area contributed by atoms with Crippen molar-refractivity contribution in [1.82, 2.24) is 10.2 Å². The zero-order chi connectivity index (χ0) is 16.6. The maximum Gasteiger partial charge on any atom is 0.124 e. The van der Waals surface area contributed by atoms with Gasteiger partial charge in [0.05, 0.1) is 6.61 Å². The van der Waals surface area contributed by atoms with E-state index in [0.717, 1.165) is 57.7 Å². The van der Waals surface area contributed by atoms with Gasteiger partial charge in [-0.2, -0.15) is 0 Å². The third kappa shape index (κ3) is 3.19. The van der Waals surface area contributed by atoms with Crippen molar-refractivity contribution in [2.45, 2.75) is 63.3 Å². The third-order valence-corrected chi connectivity index (χ3v) is 6.00. The number of piperidine rings is 1. The van der Waals surface area contributed by atoms with E-state index in [9.17, 15) is 0 Å². The molecule has 1 aromatic carbocycles. The molecule has 2 atom stereocenters. The first-order chi connectivity index (χ1) is 11.7. The first kappa shape index (κ1) is 16.4. The molecule has 2 fully saturated rings. The Morgan fingerprint density at radius 3 is 2.71 bits per heavy atom. The number of nitrogens with one attached hydrogen (secondary N) is 1. The Kier molecular flexibility index (Phi) is 4.54. The van der Waals surface area contributed by atoms with Crippen LogP contribution in [0.25, 0.3) is 0 Å². The number of para-hydroxylation sites is 1. The molecule has 0 saturated carbocycles. The number of likely N-dealkylation sites (tertiary alicyclic amines) is 1. The van der Waals surface area contributed by atoms with Gasteiger partial charge in [-0.3, -0.25) is 0 Å². The van der Waals surface area contributed by atoms with E-state index < -0.39 is 0 Å². The summed E-state index contributed by atoms with van der Waals surface area (Å²) in [5, 5.41) is 3.86. The molecule has 24 heavy (non-hydrogen) atoms. The lowest BCUT2D eigenvalue weighted by Crippen LogP contribution is -2.53. The fourth-order valence-corrected chi connectivity index (χ4v) is 4.47. The second kappa shape index (κ2) is 6.66. The summed E-state index contributed by atoms with van der Waals surface area (Å²) in [5.41, 5.74) is 1.32. The van der Waals surface area contributed by atoms with Crippen LogP contribution in [0.15, 0.2) is 24.3 Å². The summed E-state index contributed by atoms with van der Waals surface area (Å²) in [5.74, 6) is 1.08. The van der Waals surface area contributed by atoms with Gasteiger partial charge in [-0.25, -0.2) is 0 Å². The van der Waals surface area contributed by atoms with E-state index in [2.05, 4.69) is 48.3 Å². The Labute approximate surface area is 145 Å². The molecule has 4 nitrogen and oxygen atoms in total. The van der Waals surface area contributed by atoms with E-state index in [4.69, 9.17) is 9.47 Å². The normalized spacial score (nSPS) is 29.6. The van der Waals surface area contributed by atoms with Crippen LogP contribution in [0.4, 0.5) is 0 Å². The molecule has 1 N–H and O–H groups in total. The highest BCUT2D eigenvalue weighted by atomic mass is 16.5. The molecule has 3 aliphatic heterocycles. The fourth-order valence-electron chi connectivity index (χ4n) is 4.47. The highest BCUT2D eigenvalue weighted by molar-refractivity contribution is 5.39. The molecule has 1 aromatic rings. The summed E-state index contributed by atoms with van der Waals surface area (Å²) < 4.78 is 12.1. The largest absolute Gasteiger partial charge is 0.487 e. The first-order valence-corrected chi connectivity index (χ1v) is 9.51. The van der Waals surface area contributed by atoms with Crippen molar-refractivity contribution in [3.8, 4) is 5.75 Å². The third-order valence-electron chi connectivity index (χ3n) is 6.00. The molecule has 0 bridgehead atoms. The topological polar surface area (TPSA) is 33.7 Å². The molecule has 0 aliphatic carbocycles. The average Bonchev–Trinajstić information content (AvgIpc) is 3.08. The Hall–Kier alpha value is -1.10. The smallest absolute Gasteiger partial charge is 0.124 e. The second-order valence-electron chi connectivity index (χ2n) is 7.94. The maximum atomic E-state index is 6.59. The Bertz CT molecular complexity index is 561. The van der Waals surface area contributed by atoms with Crippen LogP contribution in [0.2, 0.25) is 0 Å². The Balaban J connectivity index is 1.54. The number of hydrogen-bond donors (Lipinski definition) is 1. The first-order valence-electron chi connectivity index (χ1n) is 9.51. The van der Waals surface area contributed by atoms with Crippen LogP contribution in [-0.4, -0.2) is 48.9 Å².